The van der Waals surface area contributed by atoms with Crippen LogP contribution in [0.1, 0.15) is 17.3 Å². The highest BCUT2D eigenvalue weighted by Gasteiger charge is 2.12. The molecule has 0 bridgehead atoms. The van der Waals surface area contributed by atoms with Crippen LogP contribution in [0.5, 0.6) is 0 Å². The fourth-order valence-corrected chi connectivity index (χ4v) is 3.02. The van der Waals surface area contributed by atoms with Crippen LogP contribution in [0, 0.1) is 0 Å². The summed E-state index contributed by atoms with van der Waals surface area (Å²) in [5.74, 6) is 0.753. The minimum Gasteiger partial charge on any atom is -0.379 e. The van der Waals surface area contributed by atoms with Gasteiger partial charge in [-0.15, -0.1) is 0 Å². The molecule has 6 nitrogen and oxygen atoms in total. The summed E-state index contributed by atoms with van der Waals surface area (Å²) in [4.78, 5) is 21.2. The number of pyridine rings is 1. The zero-order valence-electron chi connectivity index (χ0n) is 15.2. The number of carbonyl (C=O) groups excluding carboxylic acids is 1. The molecule has 6 heteroatoms. The standard InChI is InChI=1S/C20H26N4O2/c1-2-24(18-6-4-3-5-7-18)19-9-8-17(16-22-19)20(25)21-10-11-23-12-14-26-15-13-23/h3-9,16H,2,10-15H2,1H3,(H,21,25). The van der Waals surface area contributed by atoms with Gasteiger partial charge in [0.25, 0.3) is 5.91 Å². The number of hydrogen-bond acceptors (Lipinski definition) is 5. The Hall–Kier alpha value is -2.44. The summed E-state index contributed by atoms with van der Waals surface area (Å²) in [5, 5.41) is 2.97. The van der Waals surface area contributed by atoms with Gasteiger partial charge in [0.2, 0.25) is 0 Å². The van der Waals surface area contributed by atoms with Crippen molar-refractivity contribution in [2.75, 3.05) is 50.8 Å². The van der Waals surface area contributed by atoms with Crippen molar-refractivity contribution < 1.29 is 9.53 Å². The fraction of sp³-hybridized carbons (Fsp3) is 0.400. The molecule has 0 unspecified atom stereocenters. The molecule has 1 saturated heterocycles. The molecule has 0 atom stereocenters. The van der Waals surface area contributed by atoms with E-state index in [1.54, 1.807) is 6.20 Å². The van der Waals surface area contributed by atoms with Crippen LogP contribution < -0.4 is 10.2 Å². The second-order valence-corrected chi connectivity index (χ2v) is 6.19. The van der Waals surface area contributed by atoms with Crippen molar-refractivity contribution in [2.24, 2.45) is 0 Å². The molecule has 0 radical (unpaired) electrons. The highest BCUT2D eigenvalue weighted by molar-refractivity contribution is 5.94. The van der Waals surface area contributed by atoms with Crippen LogP contribution >= 0.6 is 0 Å². The fourth-order valence-electron chi connectivity index (χ4n) is 3.02. The predicted octanol–water partition coefficient (Wildman–Crippen LogP) is 2.30. The Morgan fingerprint density at radius 2 is 1.96 bits per heavy atom. The van der Waals surface area contributed by atoms with Gasteiger partial charge in [0.1, 0.15) is 5.82 Å². The molecule has 0 saturated carbocycles. The van der Waals surface area contributed by atoms with Crippen molar-refractivity contribution in [3.05, 3.63) is 54.2 Å². The van der Waals surface area contributed by atoms with Gasteiger partial charge in [-0.2, -0.15) is 0 Å². The maximum Gasteiger partial charge on any atom is 0.252 e. The third kappa shape index (κ3) is 4.80. The van der Waals surface area contributed by atoms with E-state index in [1.165, 1.54) is 0 Å². The second-order valence-electron chi connectivity index (χ2n) is 6.19. The lowest BCUT2D eigenvalue weighted by atomic mass is 10.2. The van der Waals surface area contributed by atoms with Gasteiger partial charge < -0.3 is 15.0 Å². The summed E-state index contributed by atoms with van der Waals surface area (Å²) < 4.78 is 5.33. The lowest BCUT2D eigenvalue weighted by Gasteiger charge is -2.26. The highest BCUT2D eigenvalue weighted by Crippen LogP contribution is 2.22. The Morgan fingerprint density at radius 3 is 2.62 bits per heavy atom. The third-order valence-corrected chi connectivity index (χ3v) is 4.49. The molecule has 3 rings (SSSR count). The lowest BCUT2D eigenvalue weighted by molar-refractivity contribution is 0.0383. The van der Waals surface area contributed by atoms with Gasteiger partial charge in [-0.1, -0.05) is 18.2 Å². The normalized spacial score (nSPS) is 14.8. The molecule has 1 aromatic carbocycles. The van der Waals surface area contributed by atoms with E-state index < -0.39 is 0 Å². The van der Waals surface area contributed by atoms with Crippen LogP contribution in [0.25, 0.3) is 0 Å². The molecule has 2 aromatic rings. The largest absolute Gasteiger partial charge is 0.379 e. The van der Waals surface area contributed by atoms with E-state index in [-0.39, 0.29) is 5.91 Å². The van der Waals surface area contributed by atoms with Crippen LogP contribution in [-0.4, -0.2) is 61.7 Å². The van der Waals surface area contributed by atoms with Gasteiger partial charge in [0, 0.05) is 44.6 Å². The van der Waals surface area contributed by atoms with Gasteiger partial charge in [0.05, 0.1) is 18.8 Å². The molecule has 0 spiro atoms. The summed E-state index contributed by atoms with van der Waals surface area (Å²) in [6, 6.07) is 13.8. The number of hydrogen-bond donors (Lipinski definition) is 1. The summed E-state index contributed by atoms with van der Waals surface area (Å²) in [7, 11) is 0. The van der Waals surface area contributed by atoms with Crippen LogP contribution in [0.15, 0.2) is 48.7 Å². The molecule has 1 aliphatic heterocycles. The van der Waals surface area contributed by atoms with Crippen molar-refractivity contribution in [3.63, 3.8) is 0 Å². The second kappa shape index (κ2) is 9.31. The SMILES string of the molecule is CCN(c1ccccc1)c1ccc(C(=O)NCCN2CCOCC2)cn1. The van der Waals surface area contributed by atoms with E-state index in [4.69, 9.17) is 4.74 Å². The molecule has 1 aliphatic rings. The number of carbonyl (C=O) groups is 1. The van der Waals surface area contributed by atoms with Gasteiger partial charge in [-0.3, -0.25) is 9.69 Å². The maximum atomic E-state index is 12.3. The molecular weight excluding hydrogens is 328 g/mol. The van der Waals surface area contributed by atoms with Crippen LogP contribution in [0.2, 0.25) is 0 Å². The number of nitrogens with one attached hydrogen (secondary N) is 1. The average molecular weight is 354 g/mol. The monoisotopic (exact) mass is 354 g/mol. The van der Waals surface area contributed by atoms with Crippen molar-refractivity contribution in [2.45, 2.75) is 6.92 Å². The van der Waals surface area contributed by atoms with E-state index >= 15 is 0 Å². The number of ether oxygens (including phenoxy) is 1. The van der Waals surface area contributed by atoms with Gasteiger partial charge in [-0.05, 0) is 31.2 Å². The molecule has 1 N–H and O–H groups in total. The van der Waals surface area contributed by atoms with Crippen molar-refractivity contribution >= 4 is 17.4 Å². The van der Waals surface area contributed by atoms with Crippen LogP contribution in [0.3, 0.4) is 0 Å². The van der Waals surface area contributed by atoms with Crippen molar-refractivity contribution in [1.82, 2.24) is 15.2 Å². The quantitative estimate of drug-likeness (QED) is 0.827. The topological polar surface area (TPSA) is 57.7 Å². The molecule has 0 aliphatic carbocycles. The number of aromatic nitrogens is 1. The minimum absolute atomic E-state index is 0.0833. The van der Waals surface area contributed by atoms with E-state index in [0.717, 1.165) is 50.9 Å². The first kappa shape index (κ1) is 18.4. The van der Waals surface area contributed by atoms with E-state index in [1.807, 2.05) is 30.3 Å². The number of nitrogens with zero attached hydrogens (tertiary/aromatic N) is 3. The third-order valence-electron chi connectivity index (χ3n) is 4.49. The molecule has 1 aromatic heterocycles. The number of rotatable bonds is 7. The number of para-hydroxylation sites is 1. The van der Waals surface area contributed by atoms with E-state index in [0.29, 0.717) is 12.1 Å². The van der Waals surface area contributed by atoms with Crippen molar-refractivity contribution in [1.29, 1.82) is 0 Å². The molecule has 1 amide bonds. The molecular formula is C20H26N4O2. The molecule has 1 fully saturated rings. The maximum absolute atomic E-state index is 12.3. The summed E-state index contributed by atoms with van der Waals surface area (Å²) in [6.07, 6.45) is 1.64. The van der Waals surface area contributed by atoms with Gasteiger partial charge >= 0.3 is 0 Å². The predicted molar refractivity (Wildman–Crippen MR) is 103 cm³/mol. The van der Waals surface area contributed by atoms with Crippen LogP contribution in [-0.2, 0) is 4.74 Å². The Balaban J connectivity index is 1.55. The van der Waals surface area contributed by atoms with Gasteiger partial charge in [0.15, 0.2) is 0 Å². The Kier molecular flexibility index (Phi) is 6.57. The summed E-state index contributed by atoms with van der Waals surface area (Å²) in [6.45, 7) is 7.77. The zero-order chi connectivity index (χ0) is 18.2. The van der Waals surface area contributed by atoms with E-state index in [2.05, 4.69) is 39.2 Å². The molecule has 138 valence electrons. The zero-order valence-corrected chi connectivity index (χ0v) is 15.2. The minimum atomic E-state index is -0.0833. The van der Waals surface area contributed by atoms with Crippen molar-refractivity contribution in [3.8, 4) is 0 Å². The Bertz CT molecular complexity index is 685. The highest BCUT2D eigenvalue weighted by atomic mass is 16.5. The Morgan fingerprint density at radius 1 is 1.19 bits per heavy atom. The van der Waals surface area contributed by atoms with Gasteiger partial charge in [-0.25, -0.2) is 4.98 Å². The van der Waals surface area contributed by atoms with Crippen LogP contribution in [0.4, 0.5) is 11.5 Å². The first-order valence-corrected chi connectivity index (χ1v) is 9.15. The Labute approximate surface area is 154 Å². The molecule has 2 heterocycles. The number of anilines is 2. The number of amides is 1. The average Bonchev–Trinajstić information content (AvgIpc) is 2.71. The van der Waals surface area contributed by atoms with E-state index in [9.17, 15) is 4.79 Å². The number of morpholine rings is 1. The first-order chi connectivity index (χ1) is 12.8. The lowest BCUT2D eigenvalue weighted by Crippen LogP contribution is -2.41. The number of benzene rings is 1. The summed E-state index contributed by atoms with van der Waals surface area (Å²) in [5.41, 5.74) is 1.67. The first-order valence-electron chi connectivity index (χ1n) is 9.15. The smallest absolute Gasteiger partial charge is 0.252 e. The summed E-state index contributed by atoms with van der Waals surface area (Å²) >= 11 is 0. The molecule has 26 heavy (non-hydrogen) atoms.